The van der Waals surface area contributed by atoms with Gasteiger partial charge >= 0.3 is 0 Å². The topological polar surface area (TPSA) is 51.0 Å². The van der Waals surface area contributed by atoms with E-state index in [1.807, 2.05) is 7.05 Å². The molecule has 3 unspecified atom stereocenters. The molecule has 0 amide bonds. The first kappa shape index (κ1) is 12.6. The van der Waals surface area contributed by atoms with Crippen molar-refractivity contribution in [1.29, 1.82) is 0 Å². The highest BCUT2D eigenvalue weighted by Crippen LogP contribution is 2.57. The minimum Gasteiger partial charge on any atom is -0.339 e. The van der Waals surface area contributed by atoms with E-state index in [1.165, 1.54) is 6.42 Å². The molecule has 96 valence electrons. The van der Waals surface area contributed by atoms with E-state index >= 15 is 0 Å². The van der Waals surface area contributed by atoms with Crippen molar-refractivity contribution >= 4 is 0 Å². The maximum atomic E-state index is 5.43. The molecule has 1 aliphatic rings. The number of hydrogen-bond donors (Lipinski definition) is 1. The zero-order valence-corrected chi connectivity index (χ0v) is 11.4. The van der Waals surface area contributed by atoms with E-state index in [2.05, 4.69) is 43.2 Å². The van der Waals surface area contributed by atoms with Crippen LogP contribution >= 0.6 is 0 Å². The highest BCUT2D eigenvalue weighted by Gasteiger charge is 2.49. The predicted octanol–water partition coefficient (Wildman–Crippen LogP) is 2.68. The fourth-order valence-electron chi connectivity index (χ4n) is 2.39. The van der Waals surface area contributed by atoms with Crippen LogP contribution in [0.1, 0.15) is 64.1 Å². The number of nitrogens with one attached hydrogen (secondary N) is 1. The molecule has 2 rings (SSSR count). The van der Waals surface area contributed by atoms with Crippen LogP contribution in [0.2, 0.25) is 0 Å². The molecule has 0 aromatic carbocycles. The maximum Gasteiger partial charge on any atom is 0.231 e. The van der Waals surface area contributed by atoms with E-state index in [0.717, 1.165) is 18.1 Å². The van der Waals surface area contributed by atoms with Crippen LogP contribution in [0.5, 0.6) is 0 Å². The van der Waals surface area contributed by atoms with Crippen molar-refractivity contribution in [3.8, 4) is 0 Å². The Balaban J connectivity index is 2.12. The van der Waals surface area contributed by atoms with Gasteiger partial charge in [-0.25, -0.2) is 0 Å². The van der Waals surface area contributed by atoms with Gasteiger partial charge in [0.1, 0.15) is 0 Å². The molecule has 4 heteroatoms. The summed E-state index contributed by atoms with van der Waals surface area (Å²) >= 11 is 0. The quantitative estimate of drug-likeness (QED) is 0.855. The van der Waals surface area contributed by atoms with E-state index in [-0.39, 0.29) is 0 Å². The number of likely N-dealkylation sites (N-methyl/N-ethyl adjacent to an activating group) is 1. The van der Waals surface area contributed by atoms with Crippen molar-refractivity contribution in [3.63, 3.8) is 0 Å². The first-order valence-electron chi connectivity index (χ1n) is 6.50. The zero-order chi connectivity index (χ0) is 12.6. The van der Waals surface area contributed by atoms with E-state index in [9.17, 15) is 0 Å². The molecule has 1 aromatic heterocycles. The first-order valence-corrected chi connectivity index (χ1v) is 6.50. The molecule has 0 saturated heterocycles. The Morgan fingerprint density at radius 2 is 2.18 bits per heavy atom. The molecule has 4 nitrogen and oxygen atoms in total. The van der Waals surface area contributed by atoms with Gasteiger partial charge < -0.3 is 9.84 Å². The molecular weight excluding hydrogens is 214 g/mol. The molecule has 0 bridgehead atoms. The van der Waals surface area contributed by atoms with Crippen molar-refractivity contribution in [2.24, 2.45) is 5.41 Å². The van der Waals surface area contributed by atoms with Crippen molar-refractivity contribution in [2.75, 3.05) is 7.05 Å². The van der Waals surface area contributed by atoms with Crippen molar-refractivity contribution in [1.82, 2.24) is 15.5 Å². The molecule has 17 heavy (non-hydrogen) atoms. The SMILES string of the molecule is CCC(c1nc(C2CC2(C)C)no1)C(C)NC. The zero-order valence-electron chi connectivity index (χ0n) is 11.4. The summed E-state index contributed by atoms with van der Waals surface area (Å²) in [6.45, 7) is 8.81. The Bertz CT molecular complexity index is 386. The summed E-state index contributed by atoms with van der Waals surface area (Å²) in [5.41, 5.74) is 0.359. The smallest absolute Gasteiger partial charge is 0.231 e. The van der Waals surface area contributed by atoms with Gasteiger partial charge in [0.15, 0.2) is 5.82 Å². The molecule has 1 fully saturated rings. The van der Waals surface area contributed by atoms with Crippen LogP contribution in [0.3, 0.4) is 0 Å². The molecule has 0 spiro atoms. The van der Waals surface area contributed by atoms with E-state index < -0.39 is 0 Å². The summed E-state index contributed by atoms with van der Waals surface area (Å²) in [7, 11) is 1.97. The van der Waals surface area contributed by atoms with Crippen LogP contribution in [0.15, 0.2) is 4.52 Å². The largest absolute Gasteiger partial charge is 0.339 e. The van der Waals surface area contributed by atoms with Gasteiger partial charge in [0.05, 0.1) is 5.92 Å². The summed E-state index contributed by atoms with van der Waals surface area (Å²) in [5, 5.41) is 7.40. The lowest BCUT2D eigenvalue weighted by molar-refractivity contribution is 0.319. The Kier molecular flexibility index (Phi) is 3.25. The molecule has 0 radical (unpaired) electrons. The van der Waals surface area contributed by atoms with Crippen LogP contribution < -0.4 is 5.32 Å². The van der Waals surface area contributed by atoms with E-state index in [4.69, 9.17) is 4.52 Å². The number of rotatable bonds is 5. The lowest BCUT2D eigenvalue weighted by Gasteiger charge is -2.17. The number of hydrogen-bond acceptors (Lipinski definition) is 4. The molecule has 1 aliphatic carbocycles. The van der Waals surface area contributed by atoms with Crippen molar-refractivity contribution in [2.45, 2.75) is 58.4 Å². The van der Waals surface area contributed by atoms with Gasteiger partial charge in [0, 0.05) is 12.0 Å². The highest BCUT2D eigenvalue weighted by molar-refractivity contribution is 5.15. The van der Waals surface area contributed by atoms with Crippen LogP contribution in [-0.4, -0.2) is 23.2 Å². The second-order valence-corrected chi connectivity index (χ2v) is 5.83. The van der Waals surface area contributed by atoms with Crippen LogP contribution in [0, 0.1) is 5.41 Å². The summed E-state index contributed by atoms with van der Waals surface area (Å²) in [6.07, 6.45) is 2.18. The molecule has 0 aliphatic heterocycles. The highest BCUT2D eigenvalue weighted by atomic mass is 16.5. The third-order valence-corrected chi connectivity index (χ3v) is 4.10. The normalized spacial score (nSPS) is 25.6. The summed E-state index contributed by atoms with van der Waals surface area (Å²) < 4.78 is 5.43. The van der Waals surface area contributed by atoms with Crippen molar-refractivity contribution in [3.05, 3.63) is 11.7 Å². The van der Waals surface area contributed by atoms with Crippen LogP contribution in [-0.2, 0) is 0 Å². The lowest BCUT2D eigenvalue weighted by atomic mass is 9.98. The fourth-order valence-corrected chi connectivity index (χ4v) is 2.39. The lowest BCUT2D eigenvalue weighted by Crippen LogP contribution is -2.28. The molecule has 1 saturated carbocycles. The second kappa shape index (κ2) is 4.41. The Morgan fingerprint density at radius 3 is 2.65 bits per heavy atom. The van der Waals surface area contributed by atoms with Gasteiger partial charge in [0.2, 0.25) is 5.89 Å². The summed E-state index contributed by atoms with van der Waals surface area (Å²) in [6, 6.07) is 0.362. The Labute approximate surface area is 103 Å². The monoisotopic (exact) mass is 237 g/mol. The Hall–Kier alpha value is -0.900. The average molecular weight is 237 g/mol. The van der Waals surface area contributed by atoms with E-state index in [1.54, 1.807) is 0 Å². The van der Waals surface area contributed by atoms with Gasteiger partial charge in [-0.1, -0.05) is 25.9 Å². The van der Waals surface area contributed by atoms with E-state index in [0.29, 0.717) is 23.3 Å². The fraction of sp³-hybridized carbons (Fsp3) is 0.846. The van der Waals surface area contributed by atoms with Crippen LogP contribution in [0.25, 0.3) is 0 Å². The van der Waals surface area contributed by atoms with Gasteiger partial charge in [-0.05, 0) is 32.2 Å². The van der Waals surface area contributed by atoms with Crippen molar-refractivity contribution < 1.29 is 4.52 Å². The van der Waals surface area contributed by atoms with Gasteiger partial charge in [-0.2, -0.15) is 4.98 Å². The second-order valence-electron chi connectivity index (χ2n) is 5.83. The minimum absolute atomic E-state index is 0.308. The summed E-state index contributed by atoms with van der Waals surface area (Å²) in [4.78, 5) is 4.59. The third kappa shape index (κ3) is 2.37. The van der Waals surface area contributed by atoms with Crippen LogP contribution in [0.4, 0.5) is 0 Å². The molecular formula is C13H23N3O. The van der Waals surface area contributed by atoms with Gasteiger partial charge in [0.25, 0.3) is 0 Å². The maximum absolute atomic E-state index is 5.43. The molecule has 1 heterocycles. The molecule has 3 atom stereocenters. The van der Waals surface area contributed by atoms with Gasteiger partial charge in [-0.15, -0.1) is 0 Å². The standard InChI is InChI=1S/C13H23N3O/c1-6-9(8(2)14-5)12-15-11(16-17-12)10-7-13(10,3)4/h8-10,14H,6-7H2,1-5H3. The minimum atomic E-state index is 0.308. The predicted molar refractivity (Wildman–Crippen MR) is 67.0 cm³/mol. The number of aromatic nitrogens is 2. The van der Waals surface area contributed by atoms with Gasteiger partial charge in [-0.3, -0.25) is 0 Å². The third-order valence-electron chi connectivity index (χ3n) is 4.10. The molecule has 1 N–H and O–H groups in total. The number of nitrogens with zero attached hydrogens (tertiary/aromatic N) is 2. The molecule has 1 aromatic rings. The summed E-state index contributed by atoms with van der Waals surface area (Å²) in [5.74, 6) is 2.48. The first-order chi connectivity index (χ1) is 7.99. The average Bonchev–Trinajstić information content (AvgIpc) is 2.74. The Morgan fingerprint density at radius 1 is 1.53 bits per heavy atom.